The Hall–Kier alpha value is -0.980. The van der Waals surface area contributed by atoms with Gasteiger partial charge in [-0.3, -0.25) is 0 Å². The predicted molar refractivity (Wildman–Crippen MR) is 58.8 cm³/mol. The van der Waals surface area contributed by atoms with Gasteiger partial charge in [0.15, 0.2) is 0 Å². The summed E-state index contributed by atoms with van der Waals surface area (Å²) in [6, 6.07) is 0. The lowest BCUT2D eigenvalue weighted by Crippen LogP contribution is -2.19. The van der Waals surface area contributed by atoms with Gasteiger partial charge in [-0.2, -0.15) is 0 Å². The Morgan fingerprint density at radius 2 is 2.29 bits per heavy atom. The van der Waals surface area contributed by atoms with Crippen molar-refractivity contribution in [2.24, 2.45) is 5.92 Å². The van der Waals surface area contributed by atoms with E-state index in [-0.39, 0.29) is 0 Å². The Morgan fingerprint density at radius 3 is 3.29 bits per heavy atom. The molecule has 1 fully saturated rings. The van der Waals surface area contributed by atoms with E-state index in [1.165, 1.54) is 38.8 Å². The third-order valence-electron chi connectivity index (χ3n) is 3.66. The third-order valence-corrected chi connectivity index (χ3v) is 3.66. The van der Waals surface area contributed by atoms with Crippen molar-refractivity contribution in [1.82, 2.24) is 4.90 Å². The van der Waals surface area contributed by atoms with Crippen LogP contribution in [-0.2, 0) is 0 Å². The molecule has 0 amide bonds. The van der Waals surface area contributed by atoms with E-state index in [1.54, 1.807) is 11.3 Å². The monoisotopic (exact) mass is 187 g/mol. The van der Waals surface area contributed by atoms with E-state index in [0.717, 1.165) is 5.92 Å². The van der Waals surface area contributed by atoms with Gasteiger partial charge in [-0.15, -0.1) is 0 Å². The number of hydrogen-bond acceptors (Lipinski definition) is 1. The van der Waals surface area contributed by atoms with Gasteiger partial charge in [0.05, 0.1) is 0 Å². The maximum absolute atomic E-state index is 2.58. The average molecular weight is 187 g/mol. The molecule has 1 saturated heterocycles. The molecule has 0 aromatic rings. The number of rotatable bonds is 0. The SMILES string of the molecule is C1=CCC2CCN3CCCC3=CC2=C1. The van der Waals surface area contributed by atoms with Crippen molar-refractivity contribution in [2.75, 3.05) is 13.1 Å². The van der Waals surface area contributed by atoms with Crippen LogP contribution in [-0.4, -0.2) is 18.0 Å². The van der Waals surface area contributed by atoms with Gasteiger partial charge in [0, 0.05) is 18.8 Å². The molecule has 0 radical (unpaired) electrons. The van der Waals surface area contributed by atoms with Crippen LogP contribution in [0.1, 0.15) is 25.7 Å². The largest absolute Gasteiger partial charge is 0.375 e. The van der Waals surface area contributed by atoms with Crippen molar-refractivity contribution in [1.29, 1.82) is 0 Å². The highest BCUT2D eigenvalue weighted by Crippen LogP contribution is 2.33. The van der Waals surface area contributed by atoms with Crippen molar-refractivity contribution in [3.05, 3.63) is 35.6 Å². The molecule has 0 aromatic heterocycles. The fourth-order valence-electron chi connectivity index (χ4n) is 2.82. The molecule has 3 rings (SSSR count). The van der Waals surface area contributed by atoms with Gasteiger partial charge in [0.25, 0.3) is 0 Å². The first-order chi connectivity index (χ1) is 6.93. The Morgan fingerprint density at radius 1 is 1.29 bits per heavy atom. The molecule has 0 spiro atoms. The number of fused-ring (bicyclic) bond motifs is 2. The van der Waals surface area contributed by atoms with Crippen LogP contribution in [0.3, 0.4) is 0 Å². The van der Waals surface area contributed by atoms with Crippen molar-refractivity contribution in [3.63, 3.8) is 0 Å². The second-order valence-electron chi connectivity index (χ2n) is 4.54. The maximum Gasteiger partial charge on any atom is 0.0180 e. The standard InChI is InChI=1S/C13H17N/c1-2-5-12-10-13-6-3-8-14(13)9-7-11(12)4-1/h1-2,5,10-11H,3-4,6-9H2. The lowest BCUT2D eigenvalue weighted by Gasteiger charge is -2.19. The van der Waals surface area contributed by atoms with Crippen LogP contribution in [0.25, 0.3) is 0 Å². The minimum absolute atomic E-state index is 0.804. The summed E-state index contributed by atoms with van der Waals surface area (Å²) < 4.78 is 0. The van der Waals surface area contributed by atoms with Gasteiger partial charge in [-0.1, -0.05) is 18.2 Å². The number of allylic oxidation sites excluding steroid dienone is 6. The molecule has 74 valence electrons. The van der Waals surface area contributed by atoms with Crippen LogP contribution in [0, 0.1) is 5.92 Å². The molecule has 0 saturated carbocycles. The van der Waals surface area contributed by atoms with Crippen LogP contribution in [0.2, 0.25) is 0 Å². The molecule has 3 aliphatic rings. The Balaban J connectivity index is 1.95. The van der Waals surface area contributed by atoms with E-state index in [0.29, 0.717) is 0 Å². The minimum Gasteiger partial charge on any atom is -0.375 e. The zero-order valence-corrected chi connectivity index (χ0v) is 8.58. The predicted octanol–water partition coefficient (Wildman–Crippen LogP) is 2.87. The van der Waals surface area contributed by atoms with Crippen LogP contribution in [0.15, 0.2) is 35.6 Å². The van der Waals surface area contributed by atoms with E-state index < -0.39 is 0 Å². The molecule has 0 aromatic carbocycles. The topological polar surface area (TPSA) is 3.24 Å². The van der Waals surface area contributed by atoms with Gasteiger partial charge < -0.3 is 4.90 Å². The highest BCUT2D eigenvalue weighted by Gasteiger charge is 2.24. The summed E-state index contributed by atoms with van der Waals surface area (Å²) >= 11 is 0. The molecule has 1 heteroatoms. The summed E-state index contributed by atoms with van der Waals surface area (Å²) in [7, 11) is 0. The van der Waals surface area contributed by atoms with Crippen LogP contribution < -0.4 is 0 Å². The van der Waals surface area contributed by atoms with Crippen LogP contribution in [0.5, 0.6) is 0 Å². The molecule has 2 heterocycles. The first-order valence-corrected chi connectivity index (χ1v) is 5.76. The molecule has 1 aliphatic carbocycles. The molecule has 1 atom stereocenters. The fourth-order valence-corrected chi connectivity index (χ4v) is 2.82. The highest BCUT2D eigenvalue weighted by molar-refractivity contribution is 5.34. The second kappa shape index (κ2) is 3.30. The highest BCUT2D eigenvalue weighted by atomic mass is 15.2. The molecule has 0 N–H and O–H groups in total. The van der Waals surface area contributed by atoms with E-state index >= 15 is 0 Å². The number of hydrogen-bond donors (Lipinski definition) is 0. The zero-order chi connectivity index (χ0) is 9.38. The number of nitrogens with zero attached hydrogens (tertiary/aromatic N) is 1. The van der Waals surface area contributed by atoms with Crippen molar-refractivity contribution >= 4 is 0 Å². The van der Waals surface area contributed by atoms with Crippen LogP contribution >= 0.6 is 0 Å². The maximum atomic E-state index is 2.58. The summed E-state index contributed by atoms with van der Waals surface area (Å²) in [4.78, 5) is 2.58. The minimum atomic E-state index is 0.804. The van der Waals surface area contributed by atoms with Crippen molar-refractivity contribution < 1.29 is 0 Å². The molecule has 1 unspecified atom stereocenters. The van der Waals surface area contributed by atoms with E-state index in [2.05, 4.69) is 29.2 Å². The first kappa shape index (κ1) is 8.34. The lowest BCUT2D eigenvalue weighted by atomic mass is 9.89. The summed E-state index contributed by atoms with van der Waals surface area (Å²) in [6.07, 6.45) is 14.5. The van der Waals surface area contributed by atoms with E-state index in [1.807, 2.05) is 0 Å². The first-order valence-electron chi connectivity index (χ1n) is 5.76. The zero-order valence-electron chi connectivity index (χ0n) is 8.58. The second-order valence-corrected chi connectivity index (χ2v) is 4.54. The Bertz CT molecular complexity index is 322. The van der Waals surface area contributed by atoms with Crippen molar-refractivity contribution in [3.8, 4) is 0 Å². The molecular formula is C13H17N. The van der Waals surface area contributed by atoms with Gasteiger partial charge in [0.2, 0.25) is 0 Å². The summed E-state index contributed by atoms with van der Waals surface area (Å²) in [6.45, 7) is 2.57. The molecule has 0 bridgehead atoms. The smallest absolute Gasteiger partial charge is 0.0180 e. The van der Waals surface area contributed by atoms with Crippen molar-refractivity contribution in [2.45, 2.75) is 25.7 Å². The van der Waals surface area contributed by atoms with E-state index in [4.69, 9.17) is 0 Å². The van der Waals surface area contributed by atoms with Crippen LogP contribution in [0.4, 0.5) is 0 Å². The van der Waals surface area contributed by atoms with E-state index in [9.17, 15) is 0 Å². The fraction of sp³-hybridized carbons (Fsp3) is 0.538. The third kappa shape index (κ3) is 1.31. The summed E-state index contributed by atoms with van der Waals surface area (Å²) in [5.41, 5.74) is 3.17. The lowest BCUT2D eigenvalue weighted by molar-refractivity contribution is 0.368. The van der Waals surface area contributed by atoms with Gasteiger partial charge in [-0.25, -0.2) is 0 Å². The molecule has 2 aliphatic heterocycles. The summed E-state index contributed by atoms with van der Waals surface area (Å²) in [5.74, 6) is 0.804. The quantitative estimate of drug-likeness (QED) is 0.563. The molecule has 1 nitrogen and oxygen atoms in total. The molecule has 14 heavy (non-hydrogen) atoms. The average Bonchev–Trinajstić information content (AvgIpc) is 2.58. The normalized spacial score (nSPS) is 30.3. The molecular weight excluding hydrogens is 170 g/mol. The van der Waals surface area contributed by atoms with Gasteiger partial charge in [-0.05, 0) is 43.3 Å². The Labute approximate surface area is 85.8 Å². The van der Waals surface area contributed by atoms with Gasteiger partial charge in [0.1, 0.15) is 0 Å². The Kier molecular flexibility index (Phi) is 1.97. The van der Waals surface area contributed by atoms with Gasteiger partial charge >= 0.3 is 0 Å². The summed E-state index contributed by atoms with van der Waals surface area (Å²) in [5, 5.41) is 0.